The van der Waals surface area contributed by atoms with Crippen molar-refractivity contribution in [1.29, 1.82) is 0 Å². The number of hydrogen-bond acceptors (Lipinski definition) is 2. The average Bonchev–Trinajstić information content (AvgIpc) is 2.66. The molecule has 1 N–H and O–H groups in total. The lowest BCUT2D eigenvalue weighted by molar-refractivity contribution is 0.450. The molecule has 1 saturated carbocycles. The molecule has 0 radical (unpaired) electrons. The van der Waals surface area contributed by atoms with Crippen molar-refractivity contribution in [3.8, 4) is 0 Å². The molecular formula is C13H23N3. The van der Waals surface area contributed by atoms with Crippen LogP contribution >= 0.6 is 0 Å². The first-order chi connectivity index (χ1) is 7.75. The van der Waals surface area contributed by atoms with Gasteiger partial charge in [0.25, 0.3) is 0 Å². The molecule has 0 spiro atoms. The van der Waals surface area contributed by atoms with Gasteiger partial charge in [-0.1, -0.05) is 33.1 Å². The molecule has 3 nitrogen and oxygen atoms in total. The number of nitrogens with zero attached hydrogens (tertiary/aromatic N) is 2. The third kappa shape index (κ3) is 3.00. The zero-order chi connectivity index (χ0) is 11.4. The Bertz CT molecular complexity index is 311. The minimum atomic E-state index is 0.645. The molecule has 0 amide bonds. The van der Waals surface area contributed by atoms with Crippen molar-refractivity contribution in [2.45, 2.75) is 58.5 Å². The Morgan fingerprint density at radius 2 is 2.12 bits per heavy atom. The van der Waals surface area contributed by atoms with Gasteiger partial charge in [0, 0.05) is 18.7 Å². The highest BCUT2D eigenvalue weighted by Crippen LogP contribution is 2.21. The average molecular weight is 221 g/mol. The summed E-state index contributed by atoms with van der Waals surface area (Å²) in [6, 6.07) is 2.76. The van der Waals surface area contributed by atoms with E-state index < -0.39 is 0 Å². The fraction of sp³-hybridized carbons (Fsp3) is 0.769. The van der Waals surface area contributed by atoms with Gasteiger partial charge in [-0.2, -0.15) is 5.10 Å². The highest BCUT2D eigenvalue weighted by atomic mass is 15.3. The fourth-order valence-corrected chi connectivity index (χ4v) is 2.40. The summed E-state index contributed by atoms with van der Waals surface area (Å²) >= 11 is 0. The second-order valence-electron chi connectivity index (χ2n) is 5.27. The smallest absolute Gasteiger partial charge is 0.124 e. The molecule has 0 atom stereocenters. The molecule has 0 saturated heterocycles. The predicted molar refractivity (Wildman–Crippen MR) is 67.6 cm³/mol. The molecule has 1 fully saturated rings. The summed E-state index contributed by atoms with van der Waals surface area (Å²) in [6.45, 7) is 5.46. The van der Waals surface area contributed by atoms with Gasteiger partial charge in [-0.3, -0.25) is 0 Å². The van der Waals surface area contributed by atoms with Crippen molar-refractivity contribution in [2.75, 3.05) is 5.32 Å². The van der Waals surface area contributed by atoms with E-state index in [0.717, 1.165) is 6.54 Å². The molecule has 3 heteroatoms. The second-order valence-corrected chi connectivity index (χ2v) is 5.27. The zero-order valence-electron chi connectivity index (χ0n) is 10.4. The maximum atomic E-state index is 4.38. The van der Waals surface area contributed by atoms with E-state index in [0.29, 0.717) is 12.0 Å². The van der Waals surface area contributed by atoms with E-state index in [1.807, 2.05) is 6.20 Å². The van der Waals surface area contributed by atoms with Crippen molar-refractivity contribution in [3.05, 3.63) is 12.3 Å². The van der Waals surface area contributed by atoms with Gasteiger partial charge < -0.3 is 5.32 Å². The molecule has 0 unspecified atom stereocenters. The highest BCUT2D eigenvalue weighted by Gasteiger charge is 2.14. The van der Waals surface area contributed by atoms with Crippen LogP contribution in [-0.4, -0.2) is 15.8 Å². The van der Waals surface area contributed by atoms with Gasteiger partial charge in [0.15, 0.2) is 0 Å². The predicted octanol–water partition coefficient (Wildman–Crippen LogP) is 3.28. The van der Waals surface area contributed by atoms with E-state index in [1.54, 1.807) is 0 Å². The molecule has 1 aliphatic carbocycles. The normalized spacial score (nSPS) is 17.9. The van der Waals surface area contributed by atoms with E-state index in [9.17, 15) is 0 Å². The van der Waals surface area contributed by atoms with E-state index in [-0.39, 0.29) is 0 Å². The largest absolute Gasteiger partial charge is 0.368 e. The third-order valence-corrected chi connectivity index (χ3v) is 3.21. The van der Waals surface area contributed by atoms with Crippen LogP contribution in [0.4, 0.5) is 5.82 Å². The van der Waals surface area contributed by atoms with Crippen LogP contribution in [0, 0.1) is 5.92 Å². The number of nitrogens with one attached hydrogen (secondary N) is 1. The molecule has 0 aliphatic heterocycles. The van der Waals surface area contributed by atoms with E-state index in [1.165, 1.54) is 37.9 Å². The highest BCUT2D eigenvalue weighted by molar-refractivity contribution is 5.35. The number of rotatable bonds is 4. The van der Waals surface area contributed by atoms with Crippen LogP contribution in [0.3, 0.4) is 0 Å². The first-order valence-electron chi connectivity index (χ1n) is 6.54. The monoisotopic (exact) mass is 221 g/mol. The van der Waals surface area contributed by atoms with Gasteiger partial charge >= 0.3 is 0 Å². The van der Waals surface area contributed by atoms with Crippen LogP contribution in [0.15, 0.2) is 12.3 Å². The number of aromatic nitrogens is 2. The maximum absolute atomic E-state index is 4.38. The molecular weight excluding hydrogens is 198 g/mol. The molecule has 0 aromatic carbocycles. The fourth-order valence-electron chi connectivity index (χ4n) is 2.40. The van der Waals surface area contributed by atoms with Crippen LogP contribution in [0.2, 0.25) is 0 Å². The zero-order valence-corrected chi connectivity index (χ0v) is 10.4. The maximum Gasteiger partial charge on any atom is 0.124 e. The lowest BCUT2D eigenvalue weighted by Crippen LogP contribution is -2.24. The molecule has 16 heavy (non-hydrogen) atoms. The molecule has 90 valence electrons. The Morgan fingerprint density at radius 1 is 1.38 bits per heavy atom. The van der Waals surface area contributed by atoms with Crippen molar-refractivity contribution in [3.63, 3.8) is 0 Å². The Balaban J connectivity index is 1.94. The SMILES string of the molecule is CC(C)Cn1nccc1NC1CCCCC1. The standard InChI is InChI=1S/C13H23N3/c1-11(2)10-16-13(8-9-14-16)15-12-6-4-3-5-7-12/h8-9,11-12,15H,3-7,10H2,1-2H3. The van der Waals surface area contributed by atoms with Gasteiger partial charge in [-0.15, -0.1) is 0 Å². The van der Waals surface area contributed by atoms with Crippen molar-refractivity contribution in [1.82, 2.24) is 9.78 Å². The molecule has 1 aromatic heterocycles. The molecule has 1 aromatic rings. The first-order valence-corrected chi connectivity index (χ1v) is 6.54. The van der Waals surface area contributed by atoms with Crippen LogP contribution in [0.1, 0.15) is 46.0 Å². The van der Waals surface area contributed by atoms with Crippen molar-refractivity contribution < 1.29 is 0 Å². The van der Waals surface area contributed by atoms with E-state index in [4.69, 9.17) is 0 Å². The molecule has 1 heterocycles. The lowest BCUT2D eigenvalue weighted by Gasteiger charge is -2.24. The van der Waals surface area contributed by atoms with Gasteiger partial charge in [0.2, 0.25) is 0 Å². The van der Waals surface area contributed by atoms with Crippen LogP contribution in [-0.2, 0) is 6.54 Å². The number of anilines is 1. The summed E-state index contributed by atoms with van der Waals surface area (Å²) in [6.07, 6.45) is 8.67. The molecule has 0 bridgehead atoms. The summed E-state index contributed by atoms with van der Waals surface area (Å²) < 4.78 is 2.10. The first kappa shape index (κ1) is 11.5. The van der Waals surface area contributed by atoms with Gasteiger partial charge in [-0.25, -0.2) is 4.68 Å². The van der Waals surface area contributed by atoms with Gasteiger partial charge in [-0.05, 0) is 18.8 Å². The molecule has 1 aliphatic rings. The Kier molecular flexibility index (Phi) is 3.86. The Labute approximate surface area is 98.2 Å². The Hall–Kier alpha value is -0.990. The van der Waals surface area contributed by atoms with Crippen LogP contribution in [0.5, 0.6) is 0 Å². The minimum absolute atomic E-state index is 0.645. The van der Waals surface area contributed by atoms with Crippen LogP contribution in [0.25, 0.3) is 0 Å². The van der Waals surface area contributed by atoms with Crippen molar-refractivity contribution in [2.24, 2.45) is 5.92 Å². The topological polar surface area (TPSA) is 29.9 Å². The van der Waals surface area contributed by atoms with E-state index in [2.05, 4.69) is 35.0 Å². The summed E-state index contributed by atoms with van der Waals surface area (Å²) in [7, 11) is 0. The third-order valence-electron chi connectivity index (χ3n) is 3.21. The summed E-state index contributed by atoms with van der Waals surface area (Å²) in [5, 5.41) is 8.01. The van der Waals surface area contributed by atoms with Gasteiger partial charge in [0.05, 0.1) is 6.20 Å². The van der Waals surface area contributed by atoms with Crippen molar-refractivity contribution >= 4 is 5.82 Å². The lowest BCUT2D eigenvalue weighted by atomic mass is 9.95. The summed E-state index contributed by atoms with van der Waals surface area (Å²) in [5.41, 5.74) is 0. The van der Waals surface area contributed by atoms with E-state index >= 15 is 0 Å². The second kappa shape index (κ2) is 5.37. The Morgan fingerprint density at radius 3 is 2.81 bits per heavy atom. The summed E-state index contributed by atoms with van der Waals surface area (Å²) in [4.78, 5) is 0. The summed E-state index contributed by atoms with van der Waals surface area (Å²) in [5.74, 6) is 1.84. The molecule has 2 rings (SSSR count). The van der Waals surface area contributed by atoms with Crippen LogP contribution < -0.4 is 5.32 Å². The van der Waals surface area contributed by atoms with Gasteiger partial charge in [0.1, 0.15) is 5.82 Å². The quantitative estimate of drug-likeness (QED) is 0.845. The minimum Gasteiger partial charge on any atom is -0.368 e. The number of hydrogen-bond donors (Lipinski definition) is 1.